The summed E-state index contributed by atoms with van der Waals surface area (Å²) in [6.45, 7) is 0. The van der Waals surface area contributed by atoms with E-state index >= 15 is 0 Å². The number of hydrogen-bond acceptors (Lipinski definition) is 4. The highest BCUT2D eigenvalue weighted by Crippen LogP contribution is 2.32. The van der Waals surface area contributed by atoms with Gasteiger partial charge in [0, 0.05) is 6.07 Å². The van der Waals surface area contributed by atoms with Crippen LogP contribution < -0.4 is 9.47 Å². The Kier molecular flexibility index (Phi) is 2.74. The molecule has 4 heteroatoms. The van der Waals surface area contributed by atoms with Crippen LogP contribution in [0.15, 0.2) is 12.1 Å². The minimum Gasteiger partial charge on any atom is -0.504 e. The number of benzene rings is 1. The molecule has 0 saturated heterocycles. The molecule has 1 rings (SSSR count). The van der Waals surface area contributed by atoms with Gasteiger partial charge in [0.05, 0.1) is 19.8 Å². The van der Waals surface area contributed by atoms with Gasteiger partial charge in [0.15, 0.2) is 17.8 Å². The maximum absolute atomic E-state index is 10.5. The van der Waals surface area contributed by atoms with Crippen LogP contribution in [0.1, 0.15) is 10.4 Å². The lowest BCUT2D eigenvalue weighted by molar-refractivity contribution is 0.112. The van der Waals surface area contributed by atoms with E-state index < -0.39 is 0 Å². The molecule has 0 atom stereocenters. The third kappa shape index (κ3) is 1.72. The Balaban J connectivity index is 3.26. The normalized spacial score (nSPS) is 9.38. The average molecular weight is 182 g/mol. The fraction of sp³-hybridized carbons (Fsp3) is 0.222. The number of hydrogen-bond donors (Lipinski definition) is 1. The van der Waals surface area contributed by atoms with E-state index in [1.54, 1.807) is 0 Å². The highest BCUT2D eigenvalue weighted by Gasteiger charge is 2.08. The van der Waals surface area contributed by atoms with Crippen LogP contribution in [-0.2, 0) is 0 Å². The van der Waals surface area contributed by atoms with E-state index in [4.69, 9.17) is 9.47 Å². The van der Waals surface area contributed by atoms with Crippen LogP contribution in [0.3, 0.4) is 0 Å². The van der Waals surface area contributed by atoms with E-state index in [-0.39, 0.29) is 11.5 Å². The molecule has 1 aromatic rings. The number of phenols is 1. The summed E-state index contributed by atoms with van der Waals surface area (Å²) in [6.07, 6.45) is 0.640. The lowest BCUT2D eigenvalue weighted by Gasteiger charge is -2.07. The molecule has 1 N–H and O–H groups in total. The van der Waals surface area contributed by atoms with E-state index in [1.807, 2.05) is 0 Å². The summed E-state index contributed by atoms with van der Waals surface area (Å²) in [5.41, 5.74) is 0.345. The first-order chi connectivity index (χ1) is 6.22. The molecule has 0 radical (unpaired) electrons. The number of carbonyl (C=O) groups excluding carboxylic acids is 1. The fourth-order valence-corrected chi connectivity index (χ4v) is 0.997. The highest BCUT2D eigenvalue weighted by atomic mass is 16.5. The van der Waals surface area contributed by atoms with Gasteiger partial charge >= 0.3 is 0 Å². The Morgan fingerprint density at radius 3 is 2.31 bits per heavy atom. The van der Waals surface area contributed by atoms with Crippen LogP contribution in [0.5, 0.6) is 17.2 Å². The lowest BCUT2D eigenvalue weighted by Crippen LogP contribution is -1.92. The van der Waals surface area contributed by atoms with Crippen molar-refractivity contribution in [1.82, 2.24) is 0 Å². The smallest absolute Gasteiger partial charge is 0.161 e. The van der Waals surface area contributed by atoms with E-state index in [0.29, 0.717) is 17.6 Å². The molecule has 13 heavy (non-hydrogen) atoms. The average Bonchev–Trinajstić information content (AvgIpc) is 2.17. The maximum Gasteiger partial charge on any atom is 0.161 e. The second-order valence-electron chi connectivity index (χ2n) is 2.38. The van der Waals surface area contributed by atoms with E-state index in [2.05, 4.69) is 0 Å². The number of rotatable bonds is 3. The Bertz CT molecular complexity index is 320. The van der Waals surface area contributed by atoms with Gasteiger partial charge in [-0.25, -0.2) is 0 Å². The molecular formula is C9H10O4. The number of aromatic hydroxyl groups is 1. The Morgan fingerprint density at radius 2 is 1.85 bits per heavy atom. The van der Waals surface area contributed by atoms with Crippen molar-refractivity contribution in [3.05, 3.63) is 17.7 Å². The zero-order valence-electron chi connectivity index (χ0n) is 7.40. The first-order valence-corrected chi connectivity index (χ1v) is 3.63. The molecule has 0 aliphatic rings. The van der Waals surface area contributed by atoms with E-state index in [1.165, 1.54) is 26.4 Å². The molecule has 0 aromatic heterocycles. The molecule has 0 aliphatic heterocycles. The van der Waals surface area contributed by atoms with Crippen molar-refractivity contribution in [2.45, 2.75) is 0 Å². The predicted octanol–water partition coefficient (Wildman–Crippen LogP) is 1.22. The quantitative estimate of drug-likeness (QED) is 0.714. The first-order valence-electron chi connectivity index (χ1n) is 3.63. The lowest BCUT2D eigenvalue weighted by atomic mass is 10.2. The molecule has 0 aliphatic carbocycles. The number of carbonyl (C=O) groups is 1. The first kappa shape index (κ1) is 9.38. The minimum atomic E-state index is -0.0510. The monoisotopic (exact) mass is 182 g/mol. The van der Waals surface area contributed by atoms with Gasteiger partial charge in [-0.05, 0) is 6.07 Å². The highest BCUT2D eigenvalue weighted by molar-refractivity contribution is 5.81. The van der Waals surface area contributed by atoms with Gasteiger partial charge in [0.2, 0.25) is 0 Å². The van der Waals surface area contributed by atoms with E-state index in [0.717, 1.165) is 0 Å². The fourth-order valence-electron chi connectivity index (χ4n) is 0.997. The third-order valence-corrected chi connectivity index (χ3v) is 1.66. The summed E-state index contributed by atoms with van der Waals surface area (Å²) in [4.78, 5) is 10.5. The van der Waals surface area contributed by atoms with Gasteiger partial charge in [-0.2, -0.15) is 0 Å². The van der Waals surface area contributed by atoms with Crippen molar-refractivity contribution in [3.63, 3.8) is 0 Å². The van der Waals surface area contributed by atoms with Gasteiger partial charge in [-0.15, -0.1) is 0 Å². The summed E-state index contributed by atoms with van der Waals surface area (Å²) in [5, 5.41) is 9.32. The predicted molar refractivity (Wildman–Crippen MR) is 46.6 cm³/mol. The molecule has 0 unspecified atom stereocenters. The van der Waals surface area contributed by atoms with E-state index in [9.17, 15) is 9.90 Å². The number of ether oxygens (including phenoxy) is 2. The Labute approximate surface area is 75.7 Å². The summed E-state index contributed by atoms with van der Waals surface area (Å²) >= 11 is 0. The zero-order chi connectivity index (χ0) is 9.84. The Morgan fingerprint density at radius 1 is 1.23 bits per heavy atom. The summed E-state index contributed by atoms with van der Waals surface area (Å²) in [7, 11) is 2.84. The standard InChI is InChI=1S/C9H10O4/c1-12-8-4-7(11)9(13-2)3-6(8)5-10/h3-5,11H,1-2H3. The van der Waals surface area contributed by atoms with Gasteiger partial charge in [0.1, 0.15) is 5.75 Å². The van der Waals surface area contributed by atoms with Gasteiger partial charge < -0.3 is 14.6 Å². The molecular weight excluding hydrogens is 172 g/mol. The second kappa shape index (κ2) is 3.80. The minimum absolute atomic E-state index is 0.0510. The second-order valence-corrected chi connectivity index (χ2v) is 2.38. The van der Waals surface area contributed by atoms with Crippen LogP contribution in [0.25, 0.3) is 0 Å². The van der Waals surface area contributed by atoms with Crippen molar-refractivity contribution < 1.29 is 19.4 Å². The molecule has 0 saturated carbocycles. The van der Waals surface area contributed by atoms with Crippen LogP contribution in [-0.4, -0.2) is 25.6 Å². The summed E-state index contributed by atoms with van der Waals surface area (Å²) in [6, 6.07) is 2.75. The van der Waals surface area contributed by atoms with Crippen LogP contribution in [0, 0.1) is 0 Å². The molecule has 0 spiro atoms. The topological polar surface area (TPSA) is 55.8 Å². The summed E-state index contributed by atoms with van der Waals surface area (Å²) in [5.74, 6) is 0.529. The number of methoxy groups -OCH3 is 2. The van der Waals surface area contributed by atoms with Gasteiger partial charge in [-0.1, -0.05) is 0 Å². The van der Waals surface area contributed by atoms with Gasteiger partial charge in [-0.3, -0.25) is 4.79 Å². The largest absolute Gasteiger partial charge is 0.504 e. The SMILES string of the molecule is COc1cc(C=O)c(OC)cc1O. The molecule has 0 bridgehead atoms. The molecule has 70 valence electrons. The molecule has 1 aromatic carbocycles. The number of aldehydes is 1. The summed E-state index contributed by atoms with van der Waals surface area (Å²) < 4.78 is 9.69. The van der Waals surface area contributed by atoms with Crippen molar-refractivity contribution in [2.75, 3.05) is 14.2 Å². The van der Waals surface area contributed by atoms with Crippen LogP contribution in [0.4, 0.5) is 0 Å². The van der Waals surface area contributed by atoms with Crippen molar-refractivity contribution in [1.29, 1.82) is 0 Å². The van der Waals surface area contributed by atoms with Crippen LogP contribution >= 0.6 is 0 Å². The number of phenolic OH excluding ortho intramolecular Hbond substituents is 1. The van der Waals surface area contributed by atoms with Crippen molar-refractivity contribution in [2.24, 2.45) is 0 Å². The van der Waals surface area contributed by atoms with Crippen LogP contribution in [0.2, 0.25) is 0 Å². The van der Waals surface area contributed by atoms with Gasteiger partial charge in [0.25, 0.3) is 0 Å². The van der Waals surface area contributed by atoms with Crippen molar-refractivity contribution in [3.8, 4) is 17.2 Å². The third-order valence-electron chi connectivity index (χ3n) is 1.66. The Hall–Kier alpha value is -1.71. The molecule has 0 heterocycles. The van der Waals surface area contributed by atoms with Crippen molar-refractivity contribution >= 4 is 6.29 Å². The molecule has 0 amide bonds. The molecule has 4 nitrogen and oxygen atoms in total. The maximum atomic E-state index is 10.5. The molecule has 0 fully saturated rings. The zero-order valence-corrected chi connectivity index (χ0v) is 7.40.